The predicted octanol–water partition coefficient (Wildman–Crippen LogP) is 2.42. The summed E-state index contributed by atoms with van der Waals surface area (Å²) in [6.07, 6.45) is 2.47. The van der Waals surface area contributed by atoms with Crippen molar-refractivity contribution in [3.63, 3.8) is 0 Å². The van der Waals surface area contributed by atoms with Gasteiger partial charge in [0.05, 0.1) is 17.2 Å². The monoisotopic (exact) mass is 322 g/mol. The molecule has 0 saturated heterocycles. The van der Waals surface area contributed by atoms with Crippen molar-refractivity contribution in [2.24, 2.45) is 0 Å². The third-order valence-corrected chi connectivity index (χ3v) is 5.04. The molecule has 1 unspecified atom stereocenters. The number of sulfonamides is 1. The summed E-state index contributed by atoms with van der Waals surface area (Å²) in [5.41, 5.74) is 1.11. The number of rotatable bonds is 7. The van der Waals surface area contributed by atoms with Crippen molar-refractivity contribution < 1.29 is 12.8 Å². The van der Waals surface area contributed by atoms with E-state index in [1.165, 1.54) is 0 Å². The molecule has 0 radical (unpaired) electrons. The van der Waals surface area contributed by atoms with E-state index in [1.54, 1.807) is 24.5 Å². The fourth-order valence-electron chi connectivity index (χ4n) is 2.19. The van der Waals surface area contributed by atoms with E-state index >= 15 is 0 Å². The van der Waals surface area contributed by atoms with Gasteiger partial charge in [-0.1, -0.05) is 19.1 Å². The Hall–Kier alpha value is -1.63. The van der Waals surface area contributed by atoms with E-state index in [-0.39, 0.29) is 17.5 Å². The van der Waals surface area contributed by atoms with Gasteiger partial charge in [-0.15, -0.1) is 0 Å². The number of hydrogen-bond donors (Lipinski definition) is 1. The van der Waals surface area contributed by atoms with Gasteiger partial charge in [0, 0.05) is 6.54 Å². The van der Waals surface area contributed by atoms with E-state index in [0.717, 1.165) is 17.7 Å². The summed E-state index contributed by atoms with van der Waals surface area (Å²) in [6.45, 7) is 2.28. The van der Waals surface area contributed by atoms with E-state index < -0.39 is 10.0 Å². The summed E-state index contributed by atoms with van der Waals surface area (Å²) in [7, 11) is 0.250. The molecule has 0 spiro atoms. The summed E-state index contributed by atoms with van der Waals surface area (Å²) in [4.78, 5) is 2.20. The quantitative estimate of drug-likeness (QED) is 0.850. The van der Waals surface area contributed by atoms with E-state index in [0.29, 0.717) is 0 Å². The predicted molar refractivity (Wildman–Crippen MR) is 86.1 cm³/mol. The Balaban J connectivity index is 2.10. The number of furan rings is 1. The topological polar surface area (TPSA) is 62.6 Å². The molecule has 22 heavy (non-hydrogen) atoms. The van der Waals surface area contributed by atoms with Gasteiger partial charge in [0.1, 0.15) is 5.76 Å². The molecular formula is C16H22N2O3S. The van der Waals surface area contributed by atoms with Gasteiger partial charge >= 0.3 is 0 Å². The van der Waals surface area contributed by atoms with Gasteiger partial charge in [-0.2, -0.15) is 0 Å². The highest BCUT2D eigenvalue weighted by atomic mass is 32.2. The van der Waals surface area contributed by atoms with Crippen LogP contribution < -0.4 is 4.72 Å². The second kappa shape index (κ2) is 7.09. The lowest BCUT2D eigenvalue weighted by atomic mass is 10.2. The first-order chi connectivity index (χ1) is 10.4. The van der Waals surface area contributed by atoms with Crippen LogP contribution in [0.5, 0.6) is 0 Å². The summed E-state index contributed by atoms with van der Waals surface area (Å²) < 4.78 is 32.8. The first-order valence-electron chi connectivity index (χ1n) is 7.22. The number of likely N-dealkylation sites (N-methyl/N-ethyl adjacent to an activating group) is 1. The van der Waals surface area contributed by atoms with Crippen LogP contribution in [0.1, 0.15) is 24.3 Å². The maximum absolute atomic E-state index is 12.4. The molecule has 2 aromatic rings. The average Bonchev–Trinajstić information content (AvgIpc) is 3.01. The fraction of sp³-hybridized carbons (Fsp3) is 0.375. The molecule has 0 amide bonds. The molecule has 6 heteroatoms. The number of nitrogens with one attached hydrogen (secondary N) is 1. The molecule has 0 aliphatic rings. The van der Waals surface area contributed by atoms with Gasteiger partial charge in [-0.25, -0.2) is 13.1 Å². The highest BCUT2D eigenvalue weighted by Gasteiger charge is 2.21. The Bertz CT molecular complexity index is 677. The molecule has 0 fully saturated rings. The maximum atomic E-state index is 12.4. The third kappa shape index (κ3) is 3.97. The molecule has 120 valence electrons. The van der Waals surface area contributed by atoms with Crippen LogP contribution in [0, 0.1) is 0 Å². The van der Waals surface area contributed by atoms with Gasteiger partial charge in [0.25, 0.3) is 0 Å². The van der Waals surface area contributed by atoms with Gasteiger partial charge in [-0.3, -0.25) is 4.90 Å². The van der Waals surface area contributed by atoms with E-state index in [9.17, 15) is 8.42 Å². The number of aryl methyl sites for hydroxylation is 1. The molecule has 1 aromatic heterocycles. The zero-order valence-corrected chi connectivity index (χ0v) is 13.9. The summed E-state index contributed by atoms with van der Waals surface area (Å²) in [5, 5.41) is 0. The van der Waals surface area contributed by atoms with Crippen LogP contribution in [-0.2, 0) is 16.4 Å². The molecule has 0 bridgehead atoms. The van der Waals surface area contributed by atoms with Crippen LogP contribution in [0.3, 0.4) is 0 Å². The lowest BCUT2D eigenvalue weighted by molar-refractivity contribution is 0.259. The summed E-state index contributed by atoms with van der Waals surface area (Å²) in [5.74, 6) is 0.731. The van der Waals surface area contributed by atoms with Crippen molar-refractivity contribution in [1.82, 2.24) is 9.62 Å². The highest BCUT2D eigenvalue weighted by molar-refractivity contribution is 7.89. The molecule has 2 rings (SSSR count). The Morgan fingerprint density at radius 2 is 1.86 bits per heavy atom. The largest absolute Gasteiger partial charge is 0.468 e. The fourth-order valence-corrected chi connectivity index (χ4v) is 3.23. The van der Waals surface area contributed by atoms with Crippen LogP contribution >= 0.6 is 0 Å². The molecule has 0 aliphatic heterocycles. The van der Waals surface area contributed by atoms with Crippen molar-refractivity contribution in [3.05, 3.63) is 54.0 Å². The molecule has 5 nitrogen and oxygen atoms in total. The minimum atomic E-state index is -3.52. The van der Waals surface area contributed by atoms with Gasteiger partial charge in [0.2, 0.25) is 10.0 Å². The second-order valence-electron chi connectivity index (χ2n) is 5.34. The Labute approximate surface area is 132 Å². The summed E-state index contributed by atoms with van der Waals surface area (Å²) in [6, 6.07) is 10.4. The molecule has 1 aromatic carbocycles. The van der Waals surface area contributed by atoms with Crippen LogP contribution in [0.2, 0.25) is 0 Å². The van der Waals surface area contributed by atoms with Crippen molar-refractivity contribution in [2.75, 3.05) is 20.6 Å². The zero-order valence-electron chi connectivity index (χ0n) is 13.1. The number of hydrogen-bond acceptors (Lipinski definition) is 4. The first-order valence-corrected chi connectivity index (χ1v) is 8.71. The standard InChI is InChI=1S/C16H22N2O3S/c1-4-13-7-9-14(10-8-13)22(19,20)17-12-15(18(2)3)16-6-5-11-21-16/h5-11,15,17H,4,12H2,1-3H3. The normalized spacial score (nSPS) is 13.5. The second-order valence-corrected chi connectivity index (χ2v) is 7.11. The van der Waals surface area contributed by atoms with Crippen LogP contribution in [0.4, 0.5) is 0 Å². The van der Waals surface area contributed by atoms with E-state index in [2.05, 4.69) is 4.72 Å². The van der Waals surface area contributed by atoms with Crippen molar-refractivity contribution >= 4 is 10.0 Å². The average molecular weight is 322 g/mol. The van der Waals surface area contributed by atoms with Gasteiger partial charge in [-0.05, 0) is 50.3 Å². The Kier molecular flexibility index (Phi) is 5.39. The molecule has 1 atom stereocenters. The minimum Gasteiger partial charge on any atom is -0.468 e. The van der Waals surface area contributed by atoms with E-state index in [4.69, 9.17) is 4.42 Å². The molecular weight excluding hydrogens is 300 g/mol. The SMILES string of the molecule is CCc1ccc(S(=O)(=O)NCC(c2ccco2)N(C)C)cc1. The minimum absolute atomic E-state index is 0.153. The van der Waals surface area contributed by atoms with E-state index in [1.807, 2.05) is 44.1 Å². The molecule has 1 N–H and O–H groups in total. The zero-order chi connectivity index (χ0) is 16.2. The van der Waals surface area contributed by atoms with Gasteiger partial charge < -0.3 is 4.42 Å². The van der Waals surface area contributed by atoms with Crippen LogP contribution in [-0.4, -0.2) is 34.0 Å². The lowest BCUT2D eigenvalue weighted by Gasteiger charge is -2.22. The van der Waals surface area contributed by atoms with Crippen molar-refractivity contribution in [3.8, 4) is 0 Å². The molecule has 0 saturated carbocycles. The van der Waals surface area contributed by atoms with Crippen LogP contribution in [0.15, 0.2) is 52.0 Å². The van der Waals surface area contributed by atoms with Crippen molar-refractivity contribution in [2.45, 2.75) is 24.3 Å². The molecule has 1 heterocycles. The maximum Gasteiger partial charge on any atom is 0.240 e. The van der Waals surface area contributed by atoms with Gasteiger partial charge in [0.15, 0.2) is 0 Å². The number of benzene rings is 1. The van der Waals surface area contributed by atoms with Crippen LogP contribution in [0.25, 0.3) is 0 Å². The highest BCUT2D eigenvalue weighted by Crippen LogP contribution is 2.19. The third-order valence-electron chi connectivity index (χ3n) is 3.60. The first kappa shape index (κ1) is 16.7. The lowest BCUT2D eigenvalue weighted by Crippen LogP contribution is -2.34. The Morgan fingerprint density at radius 3 is 2.36 bits per heavy atom. The smallest absolute Gasteiger partial charge is 0.240 e. The molecule has 0 aliphatic carbocycles. The Morgan fingerprint density at radius 1 is 1.18 bits per heavy atom. The number of nitrogens with zero attached hydrogens (tertiary/aromatic N) is 1. The summed E-state index contributed by atoms with van der Waals surface area (Å²) >= 11 is 0. The van der Waals surface area contributed by atoms with Crippen molar-refractivity contribution in [1.29, 1.82) is 0 Å².